The zero-order valence-corrected chi connectivity index (χ0v) is 19.6. The molecule has 1 aromatic carbocycles. The van der Waals surface area contributed by atoms with Gasteiger partial charge in [0.05, 0.1) is 6.61 Å². The summed E-state index contributed by atoms with van der Waals surface area (Å²) in [6, 6.07) is 8.76. The first kappa shape index (κ1) is 24.5. The van der Waals surface area contributed by atoms with Crippen LogP contribution in [0.3, 0.4) is 0 Å². The van der Waals surface area contributed by atoms with E-state index in [9.17, 15) is 4.39 Å². The lowest BCUT2D eigenvalue weighted by molar-refractivity contribution is 0.305. The van der Waals surface area contributed by atoms with E-state index in [1.54, 1.807) is 31.1 Å². The summed E-state index contributed by atoms with van der Waals surface area (Å²) < 4.78 is 18.9. The number of rotatable bonds is 9. The number of pyridine rings is 1. The van der Waals surface area contributed by atoms with Crippen LogP contribution in [0, 0.1) is 5.82 Å². The summed E-state index contributed by atoms with van der Waals surface area (Å²) in [7, 11) is 1.72. The van der Waals surface area contributed by atoms with Crippen LogP contribution in [0.2, 0.25) is 0 Å². The minimum absolute atomic E-state index is 0. The third-order valence-electron chi connectivity index (χ3n) is 3.85. The number of aliphatic imine (C=N–C) groups is 1. The van der Waals surface area contributed by atoms with Gasteiger partial charge in [0, 0.05) is 38.2 Å². The quantitative estimate of drug-likeness (QED) is 0.294. The number of hydrogen-bond donors (Lipinski definition) is 2. The number of aromatic nitrogens is 1. The number of benzene rings is 1. The summed E-state index contributed by atoms with van der Waals surface area (Å²) in [5, 5.41) is 6.54. The molecule has 0 saturated heterocycles. The summed E-state index contributed by atoms with van der Waals surface area (Å²) >= 11 is 1.67. The molecular weight excluding hydrogens is 490 g/mol. The van der Waals surface area contributed by atoms with Crippen molar-refractivity contribution in [2.45, 2.75) is 32.2 Å². The highest BCUT2D eigenvalue weighted by atomic mass is 127. The molecule has 2 aromatic rings. The lowest BCUT2D eigenvalue weighted by atomic mass is 10.1. The molecule has 0 atom stereocenters. The van der Waals surface area contributed by atoms with Crippen molar-refractivity contribution in [2.75, 3.05) is 19.9 Å². The summed E-state index contributed by atoms with van der Waals surface area (Å²) in [5.41, 5.74) is 3.09. The van der Waals surface area contributed by atoms with Crippen LogP contribution in [-0.2, 0) is 18.8 Å². The summed E-state index contributed by atoms with van der Waals surface area (Å²) in [4.78, 5) is 8.53. The monoisotopic (exact) mass is 518 g/mol. The van der Waals surface area contributed by atoms with Gasteiger partial charge in [-0.25, -0.2) is 9.37 Å². The Kier molecular flexibility index (Phi) is 11.9. The fourth-order valence-corrected chi connectivity index (χ4v) is 3.03. The van der Waals surface area contributed by atoms with Crippen molar-refractivity contribution < 1.29 is 9.13 Å². The molecule has 1 aromatic heterocycles. The number of nitrogens with zero attached hydrogens (tertiary/aromatic N) is 2. The van der Waals surface area contributed by atoms with Crippen LogP contribution in [0.1, 0.15) is 30.0 Å². The Morgan fingerprint density at radius 1 is 1.18 bits per heavy atom. The lowest BCUT2D eigenvalue weighted by Gasteiger charge is -2.14. The second kappa shape index (κ2) is 13.6. The van der Waals surface area contributed by atoms with Crippen molar-refractivity contribution in [3.8, 4) is 5.88 Å². The van der Waals surface area contributed by atoms with Crippen molar-refractivity contribution in [1.82, 2.24) is 15.6 Å². The Hall–Kier alpha value is -1.55. The largest absolute Gasteiger partial charge is 0.478 e. The van der Waals surface area contributed by atoms with Crippen molar-refractivity contribution in [1.29, 1.82) is 0 Å². The van der Waals surface area contributed by atoms with Crippen LogP contribution < -0.4 is 15.4 Å². The molecule has 2 rings (SSSR count). The Balaban J connectivity index is 0.00000392. The Morgan fingerprint density at radius 3 is 2.61 bits per heavy atom. The molecule has 0 spiro atoms. The number of thioether (sulfide) groups is 1. The molecule has 8 heteroatoms. The van der Waals surface area contributed by atoms with E-state index >= 15 is 0 Å². The molecule has 154 valence electrons. The van der Waals surface area contributed by atoms with Crippen molar-refractivity contribution in [3.05, 3.63) is 59.0 Å². The number of hydrogen-bond acceptors (Lipinski definition) is 4. The molecule has 0 radical (unpaired) electrons. The fraction of sp³-hybridized carbons (Fsp3) is 0.400. The van der Waals surface area contributed by atoms with Gasteiger partial charge >= 0.3 is 0 Å². The van der Waals surface area contributed by atoms with E-state index in [-0.39, 0.29) is 29.8 Å². The molecule has 0 unspecified atom stereocenters. The van der Waals surface area contributed by atoms with Crippen LogP contribution in [0.15, 0.2) is 41.5 Å². The normalized spacial score (nSPS) is 10.9. The molecule has 0 aliphatic rings. The third-order valence-corrected chi connectivity index (χ3v) is 4.45. The van der Waals surface area contributed by atoms with E-state index in [0.717, 1.165) is 28.9 Å². The first-order valence-electron chi connectivity index (χ1n) is 8.94. The van der Waals surface area contributed by atoms with E-state index in [4.69, 9.17) is 4.74 Å². The van der Waals surface area contributed by atoms with E-state index in [2.05, 4.69) is 27.5 Å². The van der Waals surface area contributed by atoms with Crippen LogP contribution in [0.4, 0.5) is 4.39 Å². The van der Waals surface area contributed by atoms with Crippen LogP contribution in [0.5, 0.6) is 5.88 Å². The van der Waals surface area contributed by atoms with Crippen molar-refractivity contribution >= 4 is 41.7 Å². The maximum atomic E-state index is 13.5. The standard InChI is InChI=1S/C20H27FN4OS.HI/c1-4-9-26-19-8-5-15(11-23-19)12-24-20(22-2)25-13-16-6-7-18(21)10-17(16)14-27-3;/h5-8,10-11H,4,9,12-14H2,1-3H3,(H2,22,24,25);1H. The molecule has 2 N–H and O–H groups in total. The molecule has 0 saturated carbocycles. The van der Waals surface area contributed by atoms with Crippen LogP contribution >= 0.6 is 35.7 Å². The number of nitrogens with one attached hydrogen (secondary N) is 2. The highest BCUT2D eigenvalue weighted by molar-refractivity contribution is 14.0. The van der Waals surface area contributed by atoms with Crippen molar-refractivity contribution in [2.24, 2.45) is 4.99 Å². The van der Waals surface area contributed by atoms with Gasteiger partial charge < -0.3 is 15.4 Å². The molecule has 0 bridgehead atoms. The van der Waals surface area contributed by atoms with E-state index < -0.39 is 0 Å². The SMILES string of the molecule is CCCOc1ccc(CNC(=NC)NCc2ccc(F)cc2CSC)cn1.I. The Morgan fingerprint density at radius 2 is 1.96 bits per heavy atom. The van der Waals surface area contributed by atoms with Gasteiger partial charge in [-0.3, -0.25) is 4.99 Å². The van der Waals surface area contributed by atoms with Gasteiger partial charge in [0.1, 0.15) is 5.82 Å². The maximum Gasteiger partial charge on any atom is 0.213 e. The van der Waals surface area contributed by atoms with E-state index in [1.807, 2.05) is 24.5 Å². The fourth-order valence-electron chi connectivity index (χ4n) is 2.45. The average molecular weight is 518 g/mol. The highest BCUT2D eigenvalue weighted by Gasteiger charge is 2.06. The van der Waals surface area contributed by atoms with E-state index in [1.165, 1.54) is 6.07 Å². The molecular formula is C20H28FIN4OS. The van der Waals surface area contributed by atoms with Crippen LogP contribution in [-0.4, -0.2) is 30.9 Å². The van der Waals surface area contributed by atoms with Crippen molar-refractivity contribution in [3.63, 3.8) is 0 Å². The molecule has 28 heavy (non-hydrogen) atoms. The predicted molar refractivity (Wildman–Crippen MR) is 126 cm³/mol. The van der Waals surface area contributed by atoms with E-state index in [0.29, 0.717) is 31.5 Å². The minimum Gasteiger partial charge on any atom is -0.478 e. The van der Waals surface area contributed by atoms with Gasteiger partial charge in [0.2, 0.25) is 5.88 Å². The Bertz CT molecular complexity index is 743. The summed E-state index contributed by atoms with van der Waals surface area (Å²) in [6.45, 7) is 3.91. The zero-order valence-electron chi connectivity index (χ0n) is 16.5. The van der Waals surface area contributed by atoms with Gasteiger partial charge in [-0.15, -0.1) is 24.0 Å². The summed E-state index contributed by atoms with van der Waals surface area (Å²) in [6.07, 6.45) is 4.76. The first-order chi connectivity index (χ1) is 13.2. The number of halogens is 2. The molecule has 0 amide bonds. The maximum absolute atomic E-state index is 13.5. The minimum atomic E-state index is -0.204. The third kappa shape index (κ3) is 8.22. The summed E-state index contributed by atoms with van der Waals surface area (Å²) in [5.74, 6) is 1.89. The van der Waals surface area contributed by atoms with Gasteiger partial charge in [-0.2, -0.15) is 11.8 Å². The van der Waals surface area contributed by atoms with Gasteiger partial charge in [0.25, 0.3) is 0 Å². The van der Waals surface area contributed by atoms with Gasteiger partial charge in [-0.1, -0.05) is 19.1 Å². The Labute approximate surface area is 188 Å². The molecule has 5 nitrogen and oxygen atoms in total. The van der Waals surface area contributed by atoms with Gasteiger partial charge in [-0.05, 0) is 41.5 Å². The number of ether oxygens (including phenoxy) is 1. The second-order valence-electron chi connectivity index (χ2n) is 5.98. The molecule has 1 heterocycles. The highest BCUT2D eigenvalue weighted by Crippen LogP contribution is 2.16. The molecule has 0 aliphatic carbocycles. The predicted octanol–water partition coefficient (Wildman–Crippen LogP) is 4.36. The lowest BCUT2D eigenvalue weighted by Crippen LogP contribution is -2.36. The van der Waals surface area contributed by atoms with Gasteiger partial charge in [0.15, 0.2) is 5.96 Å². The zero-order chi connectivity index (χ0) is 19.5. The first-order valence-corrected chi connectivity index (χ1v) is 10.3. The number of guanidine groups is 1. The topological polar surface area (TPSA) is 58.5 Å². The molecule has 0 aliphatic heterocycles. The smallest absolute Gasteiger partial charge is 0.213 e. The average Bonchev–Trinajstić information content (AvgIpc) is 2.69. The second-order valence-corrected chi connectivity index (χ2v) is 6.84. The van der Waals surface area contributed by atoms with Crippen LogP contribution in [0.25, 0.3) is 0 Å². The molecule has 0 fully saturated rings.